The highest BCUT2D eigenvalue weighted by Gasteiger charge is 2.31. The number of ketones is 1. The van der Waals surface area contributed by atoms with Crippen LogP contribution in [0.15, 0.2) is 57.4 Å². The predicted octanol–water partition coefficient (Wildman–Crippen LogP) is 3.78. The van der Waals surface area contributed by atoms with E-state index in [1.165, 1.54) is 6.07 Å². The second-order valence-corrected chi connectivity index (χ2v) is 6.49. The molecule has 0 fully saturated rings. The van der Waals surface area contributed by atoms with E-state index in [9.17, 15) is 9.59 Å². The summed E-state index contributed by atoms with van der Waals surface area (Å²) in [5.74, 6) is 0.345. The van der Waals surface area contributed by atoms with Crippen molar-refractivity contribution >= 4 is 28.5 Å². The molecular weight excluding hydrogens is 330 g/mol. The van der Waals surface area contributed by atoms with Crippen molar-refractivity contribution in [2.45, 2.75) is 6.92 Å². The van der Waals surface area contributed by atoms with Crippen molar-refractivity contribution in [2.75, 3.05) is 19.0 Å². The average molecular weight is 347 g/mol. The molecule has 0 unspecified atom stereocenters. The molecule has 1 aromatic heterocycles. The van der Waals surface area contributed by atoms with Gasteiger partial charge in [0.25, 0.3) is 0 Å². The van der Waals surface area contributed by atoms with E-state index in [1.54, 1.807) is 18.2 Å². The van der Waals surface area contributed by atoms with Gasteiger partial charge in [-0.2, -0.15) is 0 Å². The van der Waals surface area contributed by atoms with E-state index in [-0.39, 0.29) is 17.1 Å². The zero-order chi connectivity index (χ0) is 18.4. The zero-order valence-electron chi connectivity index (χ0n) is 14.7. The van der Waals surface area contributed by atoms with E-state index in [0.29, 0.717) is 11.3 Å². The first-order chi connectivity index (χ1) is 12.4. The minimum Gasteiger partial charge on any atom is -0.452 e. The van der Waals surface area contributed by atoms with Crippen LogP contribution in [0.2, 0.25) is 0 Å². The van der Waals surface area contributed by atoms with Crippen LogP contribution in [-0.4, -0.2) is 19.9 Å². The van der Waals surface area contributed by atoms with Crippen LogP contribution in [-0.2, 0) is 0 Å². The summed E-state index contributed by atoms with van der Waals surface area (Å²) in [6.07, 6.45) is 1.70. The Morgan fingerprint density at radius 1 is 1.00 bits per heavy atom. The van der Waals surface area contributed by atoms with Crippen molar-refractivity contribution in [2.24, 2.45) is 0 Å². The van der Waals surface area contributed by atoms with Crippen LogP contribution in [0.3, 0.4) is 0 Å². The SMILES string of the molecule is Cc1cc(=O)oc2c3c(ccc12)OC(=Cc1ccc(N(C)C)cc1)C3=O. The van der Waals surface area contributed by atoms with Crippen molar-refractivity contribution < 1.29 is 13.9 Å². The molecule has 1 aliphatic heterocycles. The third kappa shape index (κ3) is 2.58. The molecule has 4 rings (SSSR count). The molecule has 5 heteroatoms. The van der Waals surface area contributed by atoms with Crippen LogP contribution in [0.1, 0.15) is 21.5 Å². The lowest BCUT2D eigenvalue weighted by Gasteiger charge is -2.11. The quantitative estimate of drug-likeness (QED) is 0.521. The highest BCUT2D eigenvalue weighted by molar-refractivity contribution is 6.20. The van der Waals surface area contributed by atoms with Gasteiger partial charge in [0.2, 0.25) is 5.78 Å². The number of rotatable bonds is 2. The molecule has 130 valence electrons. The third-order valence-electron chi connectivity index (χ3n) is 4.46. The summed E-state index contributed by atoms with van der Waals surface area (Å²) in [7, 11) is 3.93. The van der Waals surface area contributed by atoms with Gasteiger partial charge in [-0.05, 0) is 48.4 Å². The number of benzene rings is 2. The van der Waals surface area contributed by atoms with Crippen LogP contribution in [0.4, 0.5) is 5.69 Å². The van der Waals surface area contributed by atoms with E-state index < -0.39 is 5.63 Å². The fourth-order valence-corrected chi connectivity index (χ4v) is 3.07. The smallest absolute Gasteiger partial charge is 0.336 e. The van der Waals surface area contributed by atoms with Crippen LogP contribution in [0.5, 0.6) is 5.75 Å². The van der Waals surface area contributed by atoms with Crippen molar-refractivity contribution in [1.29, 1.82) is 0 Å². The first kappa shape index (κ1) is 16.1. The number of carbonyl (C=O) groups is 1. The molecule has 0 saturated carbocycles. The molecule has 0 amide bonds. The molecule has 3 aromatic rings. The Kier molecular flexibility index (Phi) is 3.65. The zero-order valence-corrected chi connectivity index (χ0v) is 14.7. The minimum atomic E-state index is -0.479. The minimum absolute atomic E-state index is 0.217. The summed E-state index contributed by atoms with van der Waals surface area (Å²) in [6, 6.07) is 12.7. The Bertz CT molecular complexity index is 1120. The molecular formula is C21H17NO4. The number of allylic oxidation sites excluding steroid dienone is 1. The van der Waals surface area contributed by atoms with Gasteiger partial charge in [-0.1, -0.05) is 12.1 Å². The molecule has 0 N–H and O–H groups in total. The monoisotopic (exact) mass is 347 g/mol. The van der Waals surface area contributed by atoms with Gasteiger partial charge in [0.05, 0.1) is 0 Å². The van der Waals surface area contributed by atoms with Gasteiger partial charge in [-0.15, -0.1) is 0 Å². The number of anilines is 1. The molecule has 0 radical (unpaired) electrons. The Morgan fingerprint density at radius 2 is 1.73 bits per heavy atom. The lowest BCUT2D eigenvalue weighted by atomic mass is 10.0. The second-order valence-electron chi connectivity index (χ2n) is 6.49. The van der Waals surface area contributed by atoms with E-state index in [2.05, 4.69) is 0 Å². The average Bonchev–Trinajstić information content (AvgIpc) is 2.91. The largest absolute Gasteiger partial charge is 0.452 e. The molecule has 2 heterocycles. The summed E-state index contributed by atoms with van der Waals surface area (Å²) in [6.45, 7) is 1.81. The van der Waals surface area contributed by atoms with Gasteiger partial charge in [0.1, 0.15) is 11.3 Å². The first-order valence-corrected chi connectivity index (χ1v) is 8.23. The summed E-state index contributed by atoms with van der Waals surface area (Å²) in [5, 5.41) is 0.733. The third-order valence-corrected chi connectivity index (χ3v) is 4.46. The summed E-state index contributed by atoms with van der Waals surface area (Å²) in [5.41, 5.74) is 2.80. The molecule has 0 spiro atoms. The molecule has 0 saturated heterocycles. The van der Waals surface area contributed by atoms with Crippen LogP contribution >= 0.6 is 0 Å². The summed E-state index contributed by atoms with van der Waals surface area (Å²) in [4.78, 5) is 26.6. The van der Waals surface area contributed by atoms with E-state index in [1.807, 2.05) is 50.2 Å². The van der Waals surface area contributed by atoms with E-state index in [4.69, 9.17) is 9.15 Å². The number of fused-ring (bicyclic) bond motifs is 3. The normalized spacial score (nSPS) is 14.6. The number of hydrogen-bond acceptors (Lipinski definition) is 5. The van der Waals surface area contributed by atoms with Crippen molar-refractivity contribution in [3.8, 4) is 5.75 Å². The number of hydrogen-bond donors (Lipinski definition) is 0. The van der Waals surface area contributed by atoms with Crippen molar-refractivity contribution in [3.63, 3.8) is 0 Å². The predicted molar refractivity (Wildman–Crippen MR) is 101 cm³/mol. The molecule has 0 aliphatic carbocycles. The van der Waals surface area contributed by atoms with Crippen LogP contribution in [0, 0.1) is 6.92 Å². The Balaban J connectivity index is 1.79. The fourth-order valence-electron chi connectivity index (χ4n) is 3.07. The Morgan fingerprint density at radius 3 is 2.42 bits per heavy atom. The van der Waals surface area contributed by atoms with E-state index >= 15 is 0 Å². The number of Topliss-reactive ketones (excluding diaryl/α,β-unsaturated/α-hetero) is 1. The number of nitrogens with zero attached hydrogens (tertiary/aromatic N) is 1. The standard InChI is InChI=1S/C21H17NO4/c1-12-10-18(23)26-21-15(12)8-9-16-19(21)20(24)17(25-16)11-13-4-6-14(7-5-13)22(2)3/h4-11H,1-3H3. The lowest BCUT2D eigenvalue weighted by Crippen LogP contribution is -2.08. The van der Waals surface area contributed by atoms with Crippen molar-refractivity contribution in [1.82, 2.24) is 0 Å². The Labute approximate surface area is 150 Å². The molecule has 1 aliphatic rings. The summed E-state index contributed by atoms with van der Waals surface area (Å²) >= 11 is 0. The summed E-state index contributed by atoms with van der Waals surface area (Å²) < 4.78 is 11.0. The Hall–Kier alpha value is -3.34. The topological polar surface area (TPSA) is 59.8 Å². The van der Waals surface area contributed by atoms with Gasteiger partial charge in [-0.25, -0.2) is 4.79 Å². The maximum atomic E-state index is 12.8. The maximum absolute atomic E-state index is 12.8. The van der Waals surface area contributed by atoms with Gasteiger partial charge in [-0.3, -0.25) is 4.79 Å². The molecule has 26 heavy (non-hydrogen) atoms. The van der Waals surface area contributed by atoms with Gasteiger partial charge in [0, 0.05) is 31.2 Å². The van der Waals surface area contributed by atoms with Crippen LogP contribution in [0.25, 0.3) is 17.0 Å². The number of ether oxygens (including phenoxy) is 1. The maximum Gasteiger partial charge on any atom is 0.336 e. The molecule has 0 bridgehead atoms. The van der Waals surface area contributed by atoms with Gasteiger partial charge < -0.3 is 14.1 Å². The highest BCUT2D eigenvalue weighted by Crippen LogP contribution is 2.37. The number of aryl methyl sites for hydroxylation is 1. The van der Waals surface area contributed by atoms with Gasteiger partial charge >= 0.3 is 5.63 Å². The second kappa shape index (κ2) is 5.88. The van der Waals surface area contributed by atoms with Crippen molar-refractivity contribution in [3.05, 3.63) is 75.3 Å². The molecule has 0 atom stereocenters. The van der Waals surface area contributed by atoms with Crippen LogP contribution < -0.4 is 15.3 Å². The highest BCUT2D eigenvalue weighted by atomic mass is 16.5. The molecule has 5 nitrogen and oxygen atoms in total. The lowest BCUT2D eigenvalue weighted by molar-refractivity contribution is 0.101. The van der Waals surface area contributed by atoms with E-state index in [0.717, 1.165) is 22.2 Å². The number of carbonyl (C=O) groups excluding carboxylic acids is 1. The fraction of sp³-hybridized carbons (Fsp3) is 0.143. The first-order valence-electron chi connectivity index (χ1n) is 8.23. The van der Waals surface area contributed by atoms with Gasteiger partial charge in [0.15, 0.2) is 11.3 Å². The molecule has 2 aromatic carbocycles.